The molecule has 4 aromatic carbocycles. The molecule has 4 heteroatoms. The zero-order valence-electron chi connectivity index (χ0n) is 25.8. The highest BCUT2D eigenvalue weighted by Gasteiger charge is 2.28. The normalized spacial score (nSPS) is 11.9. The first-order valence-electron chi connectivity index (χ1n) is 14.8. The van der Waals surface area contributed by atoms with E-state index < -0.39 is 0 Å². The minimum atomic E-state index is -0.323. The molecule has 0 radical (unpaired) electrons. The largest absolute Gasteiger partial charge is 0.454 e. The van der Waals surface area contributed by atoms with Crippen molar-refractivity contribution in [1.82, 2.24) is 0 Å². The Bertz CT molecular complexity index is 2050. The molecular weight excluding hydrogens is 531 g/mol. The molecule has 0 N–H and O–H groups in total. The van der Waals surface area contributed by atoms with Gasteiger partial charge >= 0.3 is 0 Å². The van der Waals surface area contributed by atoms with Crippen LogP contribution < -0.4 is 4.57 Å². The van der Waals surface area contributed by atoms with Gasteiger partial charge in [0.15, 0.2) is 6.20 Å². The Hall–Kier alpha value is -4.75. The third-order valence-electron chi connectivity index (χ3n) is 8.51. The van der Waals surface area contributed by atoms with Crippen LogP contribution >= 0.6 is 0 Å². The predicted octanol–water partition coefficient (Wildman–Crippen LogP) is 10.2. The molecule has 214 valence electrons. The third kappa shape index (κ3) is 4.89. The lowest BCUT2D eigenvalue weighted by Crippen LogP contribution is -2.34. The maximum atomic E-state index is 15.5. The first-order chi connectivity index (χ1) is 20.5. The number of aryl methyl sites for hydroxylation is 2. The van der Waals surface area contributed by atoms with Gasteiger partial charge in [0.2, 0.25) is 5.69 Å². The average molecular weight is 568 g/mol. The Morgan fingerprint density at radius 3 is 1.93 bits per heavy atom. The minimum absolute atomic E-state index is 0.237. The zero-order valence-corrected chi connectivity index (χ0v) is 25.8. The Morgan fingerprint density at radius 2 is 1.35 bits per heavy atom. The molecule has 0 amide bonds. The highest BCUT2D eigenvalue weighted by molar-refractivity contribution is 6.14. The topological polar surface area (TPSA) is 40.8 Å². The second-order valence-electron chi connectivity index (χ2n) is 12.8. The smallest absolute Gasteiger partial charge is 0.219 e. The van der Waals surface area contributed by atoms with Crippen molar-refractivity contribution in [3.05, 3.63) is 113 Å². The summed E-state index contributed by atoms with van der Waals surface area (Å²) in [6.07, 6.45) is 1.88. The van der Waals surface area contributed by atoms with E-state index in [-0.39, 0.29) is 11.2 Å². The van der Waals surface area contributed by atoms with Crippen molar-refractivity contribution in [2.45, 2.75) is 52.9 Å². The number of rotatable bonds is 4. The number of aromatic nitrogens is 1. The van der Waals surface area contributed by atoms with Gasteiger partial charge in [-0.15, -0.1) is 0 Å². The number of fused-ring (bicyclic) bond motifs is 3. The maximum Gasteiger partial charge on any atom is 0.219 e. The first-order valence-corrected chi connectivity index (χ1v) is 14.8. The van der Waals surface area contributed by atoms with E-state index in [9.17, 15) is 5.26 Å². The zero-order chi connectivity index (χ0) is 30.6. The molecule has 0 aliphatic carbocycles. The molecule has 0 aliphatic heterocycles. The van der Waals surface area contributed by atoms with Gasteiger partial charge in [0.25, 0.3) is 0 Å². The molecule has 0 bridgehead atoms. The van der Waals surface area contributed by atoms with E-state index in [0.29, 0.717) is 28.2 Å². The maximum absolute atomic E-state index is 15.5. The molecule has 2 heterocycles. The molecule has 0 spiro atoms. The second kappa shape index (κ2) is 10.5. The molecule has 43 heavy (non-hydrogen) atoms. The van der Waals surface area contributed by atoms with Crippen molar-refractivity contribution >= 4 is 21.9 Å². The van der Waals surface area contributed by atoms with Crippen LogP contribution in [0.4, 0.5) is 4.39 Å². The van der Waals surface area contributed by atoms with E-state index in [1.54, 1.807) is 6.07 Å². The lowest BCUT2D eigenvalue weighted by molar-refractivity contribution is -0.661. The van der Waals surface area contributed by atoms with Crippen molar-refractivity contribution in [1.29, 1.82) is 5.26 Å². The molecule has 3 nitrogen and oxygen atoms in total. The standard InChI is InChI=1S/C39H36FN2O/c1-23(2)25-9-11-26(12-10-25)27-13-15-28(16-14-27)36-29(21-41)17-19-31-30-18-8-24(3)35(37(30)43-38(31)36)34-20-33(40)32(22-42(34)7)39(4,5)6/h8-20,22-23H,1-7H3/q+1. The number of nitrogens with zero attached hydrogens (tertiary/aromatic N) is 2. The van der Waals surface area contributed by atoms with Crippen LogP contribution in [0.3, 0.4) is 0 Å². The number of pyridine rings is 1. The van der Waals surface area contributed by atoms with Crippen molar-refractivity contribution < 1.29 is 13.4 Å². The third-order valence-corrected chi connectivity index (χ3v) is 8.51. The summed E-state index contributed by atoms with van der Waals surface area (Å²) in [5.74, 6) is 0.248. The predicted molar refractivity (Wildman–Crippen MR) is 173 cm³/mol. The van der Waals surface area contributed by atoms with Gasteiger partial charge in [-0.1, -0.05) is 95.3 Å². The fourth-order valence-corrected chi connectivity index (χ4v) is 6.01. The molecule has 0 saturated heterocycles. The number of nitriles is 1. The summed E-state index contributed by atoms with van der Waals surface area (Å²) >= 11 is 0. The van der Waals surface area contributed by atoms with Crippen LogP contribution in [0.2, 0.25) is 0 Å². The minimum Gasteiger partial charge on any atom is -0.454 e. The van der Waals surface area contributed by atoms with Gasteiger partial charge in [-0.25, -0.2) is 8.96 Å². The van der Waals surface area contributed by atoms with E-state index in [2.05, 4.69) is 80.6 Å². The number of hydrogen-bond acceptors (Lipinski definition) is 2. The molecule has 0 saturated carbocycles. The monoisotopic (exact) mass is 567 g/mol. The summed E-state index contributed by atoms with van der Waals surface area (Å²) in [6.45, 7) is 12.4. The summed E-state index contributed by atoms with van der Waals surface area (Å²) in [4.78, 5) is 0. The number of halogens is 1. The van der Waals surface area contributed by atoms with Gasteiger partial charge in [0, 0.05) is 22.4 Å². The molecule has 6 aromatic rings. The van der Waals surface area contributed by atoms with Crippen LogP contribution in [-0.4, -0.2) is 0 Å². The highest BCUT2D eigenvalue weighted by atomic mass is 19.1. The van der Waals surface area contributed by atoms with Crippen LogP contribution in [0.25, 0.3) is 55.4 Å². The molecular formula is C39H36FN2O+. The van der Waals surface area contributed by atoms with Crippen molar-refractivity contribution in [3.8, 4) is 39.6 Å². The quantitative estimate of drug-likeness (QED) is 0.199. The van der Waals surface area contributed by atoms with Crippen LogP contribution in [0.5, 0.6) is 0 Å². The second-order valence-corrected chi connectivity index (χ2v) is 12.8. The van der Waals surface area contributed by atoms with E-state index in [1.165, 1.54) is 5.56 Å². The Balaban J connectivity index is 1.53. The molecule has 0 aliphatic rings. The van der Waals surface area contributed by atoms with Gasteiger partial charge in [-0.05, 0) is 58.2 Å². The van der Waals surface area contributed by atoms with Crippen molar-refractivity contribution in [3.63, 3.8) is 0 Å². The number of hydrogen-bond donors (Lipinski definition) is 0. The average Bonchev–Trinajstić information content (AvgIpc) is 3.36. The number of furan rings is 1. The lowest BCUT2D eigenvalue weighted by Gasteiger charge is -2.18. The van der Waals surface area contributed by atoms with Crippen LogP contribution in [0, 0.1) is 24.1 Å². The Kier molecular flexibility index (Phi) is 6.93. The summed E-state index contributed by atoms with van der Waals surface area (Å²) in [7, 11) is 1.95. The van der Waals surface area contributed by atoms with Gasteiger partial charge in [-0.3, -0.25) is 0 Å². The van der Waals surface area contributed by atoms with Gasteiger partial charge < -0.3 is 4.42 Å². The van der Waals surface area contributed by atoms with Crippen LogP contribution in [0.15, 0.2) is 89.5 Å². The van der Waals surface area contributed by atoms with E-state index in [0.717, 1.165) is 49.8 Å². The SMILES string of the molecule is Cc1ccc2c(oc3c(-c4ccc(-c5ccc(C(C)C)cc5)cc4)c(C#N)ccc32)c1-c1cc(F)c(C(C)(C)C)c[n+]1C. The van der Waals surface area contributed by atoms with Crippen molar-refractivity contribution in [2.75, 3.05) is 0 Å². The van der Waals surface area contributed by atoms with Gasteiger partial charge in [-0.2, -0.15) is 5.26 Å². The summed E-state index contributed by atoms with van der Waals surface area (Å²) in [5.41, 5.74) is 10.0. The summed E-state index contributed by atoms with van der Waals surface area (Å²) < 4.78 is 24.1. The summed E-state index contributed by atoms with van der Waals surface area (Å²) in [6, 6.07) is 28.9. The van der Waals surface area contributed by atoms with Crippen molar-refractivity contribution in [2.24, 2.45) is 7.05 Å². The first kappa shape index (κ1) is 28.4. The molecule has 0 unspecified atom stereocenters. The summed E-state index contributed by atoms with van der Waals surface area (Å²) in [5, 5.41) is 12.0. The van der Waals surface area contributed by atoms with Gasteiger partial charge in [0.1, 0.15) is 24.0 Å². The highest BCUT2D eigenvalue weighted by Crippen LogP contribution is 2.42. The number of benzene rings is 4. The molecule has 6 rings (SSSR count). The van der Waals surface area contributed by atoms with Crippen LogP contribution in [0.1, 0.15) is 62.8 Å². The molecule has 2 aromatic heterocycles. The fraction of sp³-hybridized carbons (Fsp3) is 0.231. The van der Waals surface area contributed by atoms with E-state index in [1.807, 2.05) is 57.6 Å². The fourth-order valence-electron chi connectivity index (χ4n) is 6.01. The Labute approximate surface area is 252 Å². The lowest BCUT2D eigenvalue weighted by atomic mass is 9.87. The van der Waals surface area contributed by atoms with Gasteiger partial charge in [0.05, 0.1) is 22.8 Å². The van der Waals surface area contributed by atoms with Crippen LogP contribution in [-0.2, 0) is 12.5 Å². The molecule has 0 atom stereocenters. The molecule has 0 fully saturated rings. The Morgan fingerprint density at radius 1 is 0.791 bits per heavy atom. The van der Waals surface area contributed by atoms with E-state index >= 15 is 4.39 Å². The van der Waals surface area contributed by atoms with E-state index in [4.69, 9.17) is 4.42 Å².